The standard InChI is InChI=1S/C10H12N4O/c1-2-15-9-5-3-4-8(10(9)11)14-7-12-6-13-14/h3-7H,2,11H2,1H3. The maximum atomic E-state index is 5.95. The van der Waals surface area contributed by atoms with E-state index in [2.05, 4.69) is 10.1 Å². The zero-order valence-corrected chi connectivity index (χ0v) is 8.42. The van der Waals surface area contributed by atoms with E-state index in [4.69, 9.17) is 10.5 Å². The predicted octanol–water partition coefficient (Wildman–Crippen LogP) is 1.25. The van der Waals surface area contributed by atoms with Gasteiger partial charge in [0.25, 0.3) is 0 Å². The number of nitrogen functional groups attached to an aromatic ring is 1. The molecule has 2 aromatic rings. The maximum absolute atomic E-state index is 5.95. The molecule has 0 bridgehead atoms. The molecular formula is C10H12N4O. The molecule has 0 fully saturated rings. The zero-order chi connectivity index (χ0) is 10.7. The Morgan fingerprint density at radius 1 is 1.47 bits per heavy atom. The minimum Gasteiger partial charge on any atom is -0.492 e. The number of benzene rings is 1. The Kier molecular flexibility index (Phi) is 2.53. The summed E-state index contributed by atoms with van der Waals surface area (Å²) in [6, 6.07) is 5.57. The third-order valence-corrected chi connectivity index (χ3v) is 2.01. The predicted molar refractivity (Wildman–Crippen MR) is 56.9 cm³/mol. The van der Waals surface area contributed by atoms with Crippen LogP contribution in [0, 0.1) is 0 Å². The number of hydrogen-bond donors (Lipinski definition) is 1. The van der Waals surface area contributed by atoms with Crippen LogP contribution < -0.4 is 10.5 Å². The first-order valence-corrected chi connectivity index (χ1v) is 4.69. The smallest absolute Gasteiger partial charge is 0.144 e. The molecule has 2 rings (SSSR count). The van der Waals surface area contributed by atoms with Gasteiger partial charge in [-0.3, -0.25) is 0 Å². The Morgan fingerprint density at radius 3 is 3.00 bits per heavy atom. The molecule has 0 saturated heterocycles. The fourth-order valence-corrected chi connectivity index (χ4v) is 1.35. The van der Waals surface area contributed by atoms with Crippen LogP contribution in [0.2, 0.25) is 0 Å². The number of hydrogen-bond acceptors (Lipinski definition) is 4. The van der Waals surface area contributed by atoms with Crippen molar-refractivity contribution in [3.63, 3.8) is 0 Å². The lowest BCUT2D eigenvalue weighted by atomic mass is 10.2. The van der Waals surface area contributed by atoms with Crippen LogP contribution in [0.25, 0.3) is 5.69 Å². The Balaban J connectivity index is 2.45. The maximum Gasteiger partial charge on any atom is 0.144 e. The number of aromatic nitrogens is 3. The molecule has 0 aliphatic heterocycles. The summed E-state index contributed by atoms with van der Waals surface area (Å²) >= 11 is 0. The van der Waals surface area contributed by atoms with Crippen molar-refractivity contribution in [2.24, 2.45) is 0 Å². The fourth-order valence-electron chi connectivity index (χ4n) is 1.35. The molecule has 78 valence electrons. The summed E-state index contributed by atoms with van der Waals surface area (Å²) in [6.07, 6.45) is 3.06. The molecule has 0 unspecified atom stereocenters. The van der Waals surface area contributed by atoms with E-state index in [0.29, 0.717) is 18.0 Å². The average molecular weight is 204 g/mol. The second kappa shape index (κ2) is 4.00. The molecule has 0 saturated carbocycles. The summed E-state index contributed by atoms with van der Waals surface area (Å²) in [5.74, 6) is 0.672. The molecular weight excluding hydrogens is 192 g/mol. The molecule has 1 heterocycles. The van der Waals surface area contributed by atoms with Crippen molar-refractivity contribution in [2.75, 3.05) is 12.3 Å². The first kappa shape index (κ1) is 9.51. The summed E-state index contributed by atoms with van der Waals surface area (Å²) in [7, 11) is 0. The largest absolute Gasteiger partial charge is 0.492 e. The summed E-state index contributed by atoms with van der Waals surface area (Å²) in [4.78, 5) is 3.87. The SMILES string of the molecule is CCOc1cccc(-n2cncn2)c1N. The lowest BCUT2D eigenvalue weighted by Gasteiger charge is -2.10. The van der Waals surface area contributed by atoms with Gasteiger partial charge < -0.3 is 10.5 Å². The van der Waals surface area contributed by atoms with Gasteiger partial charge >= 0.3 is 0 Å². The topological polar surface area (TPSA) is 66.0 Å². The number of para-hydroxylation sites is 1. The van der Waals surface area contributed by atoms with Gasteiger partial charge in [-0.1, -0.05) is 6.07 Å². The Bertz CT molecular complexity index is 439. The third-order valence-electron chi connectivity index (χ3n) is 2.01. The summed E-state index contributed by atoms with van der Waals surface area (Å²) < 4.78 is 7.00. The second-order valence-corrected chi connectivity index (χ2v) is 2.96. The second-order valence-electron chi connectivity index (χ2n) is 2.96. The molecule has 5 heteroatoms. The Hall–Kier alpha value is -2.04. The number of rotatable bonds is 3. The molecule has 1 aromatic heterocycles. The number of ether oxygens (including phenoxy) is 1. The van der Waals surface area contributed by atoms with Gasteiger partial charge in [0.2, 0.25) is 0 Å². The molecule has 2 N–H and O–H groups in total. The van der Waals surface area contributed by atoms with Crippen molar-refractivity contribution < 1.29 is 4.74 Å². The first-order chi connectivity index (χ1) is 7.33. The van der Waals surface area contributed by atoms with Crippen molar-refractivity contribution in [1.82, 2.24) is 14.8 Å². The Labute approximate surface area is 87.5 Å². The average Bonchev–Trinajstić information content (AvgIpc) is 2.74. The fraction of sp³-hybridized carbons (Fsp3) is 0.200. The molecule has 0 aliphatic rings. The first-order valence-electron chi connectivity index (χ1n) is 4.69. The molecule has 0 aliphatic carbocycles. The van der Waals surface area contributed by atoms with Crippen LogP contribution in [-0.2, 0) is 0 Å². The molecule has 0 radical (unpaired) electrons. The van der Waals surface area contributed by atoms with E-state index in [1.54, 1.807) is 11.0 Å². The van der Waals surface area contributed by atoms with Crippen LogP contribution in [0.15, 0.2) is 30.9 Å². The van der Waals surface area contributed by atoms with E-state index in [-0.39, 0.29) is 0 Å². The van der Waals surface area contributed by atoms with Gasteiger partial charge in [-0.2, -0.15) is 5.10 Å². The van der Waals surface area contributed by atoms with Gasteiger partial charge in [0, 0.05) is 0 Å². The van der Waals surface area contributed by atoms with Crippen LogP contribution in [0.3, 0.4) is 0 Å². The summed E-state index contributed by atoms with van der Waals surface area (Å²) in [6.45, 7) is 2.51. The van der Waals surface area contributed by atoms with Gasteiger partial charge in [-0.15, -0.1) is 0 Å². The van der Waals surface area contributed by atoms with Crippen molar-refractivity contribution in [3.8, 4) is 11.4 Å². The Morgan fingerprint density at radius 2 is 2.33 bits per heavy atom. The number of nitrogens with zero attached hydrogens (tertiary/aromatic N) is 3. The van der Waals surface area contributed by atoms with Crippen LogP contribution >= 0.6 is 0 Å². The minimum absolute atomic E-state index is 0.574. The van der Waals surface area contributed by atoms with Crippen LogP contribution in [0.5, 0.6) is 5.75 Å². The van der Waals surface area contributed by atoms with Crippen LogP contribution in [-0.4, -0.2) is 21.4 Å². The molecule has 5 nitrogen and oxygen atoms in total. The van der Waals surface area contributed by atoms with Crippen molar-refractivity contribution >= 4 is 5.69 Å². The zero-order valence-electron chi connectivity index (χ0n) is 8.42. The van der Waals surface area contributed by atoms with E-state index in [9.17, 15) is 0 Å². The van der Waals surface area contributed by atoms with E-state index in [0.717, 1.165) is 5.69 Å². The van der Waals surface area contributed by atoms with E-state index >= 15 is 0 Å². The van der Waals surface area contributed by atoms with Crippen molar-refractivity contribution in [2.45, 2.75) is 6.92 Å². The molecule has 0 atom stereocenters. The molecule has 0 spiro atoms. The van der Waals surface area contributed by atoms with Crippen molar-refractivity contribution in [1.29, 1.82) is 0 Å². The van der Waals surface area contributed by atoms with Crippen molar-refractivity contribution in [3.05, 3.63) is 30.9 Å². The van der Waals surface area contributed by atoms with Gasteiger partial charge in [0.15, 0.2) is 0 Å². The lowest BCUT2D eigenvalue weighted by Crippen LogP contribution is -2.03. The summed E-state index contributed by atoms with van der Waals surface area (Å²) in [5, 5.41) is 4.02. The van der Waals surface area contributed by atoms with Gasteiger partial charge in [-0.05, 0) is 19.1 Å². The highest BCUT2D eigenvalue weighted by molar-refractivity contribution is 5.66. The van der Waals surface area contributed by atoms with Crippen LogP contribution in [0.4, 0.5) is 5.69 Å². The normalized spacial score (nSPS) is 10.2. The van der Waals surface area contributed by atoms with Gasteiger partial charge in [0.1, 0.15) is 24.1 Å². The molecule has 1 aromatic carbocycles. The lowest BCUT2D eigenvalue weighted by molar-refractivity contribution is 0.342. The molecule has 0 amide bonds. The van der Waals surface area contributed by atoms with Gasteiger partial charge in [-0.25, -0.2) is 9.67 Å². The highest BCUT2D eigenvalue weighted by Crippen LogP contribution is 2.27. The number of nitrogens with two attached hydrogens (primary N) is 1. The highest BCUT2D eigenvalue weighted by atomic mass is 16.5. The minimum atomic E-state index is 0.574. The third kappa shape index (κ3) is 1.76. The van der Waals surface area contributed by atoms with E-state index in [1.807, 2.05) is 25.1 Å². The number of anilines is 1. The van der Waals surface area contributed by atoms with Crippen LogP contribution in [0.1, 0.15) is 6.92 Å². The quantitative estimate of drug-likeness (QED) is 0.764. The summed E-state index contributed by atoms with van der Waals surface area (Å²) in [5.41, 5.74) is 7.30. The monoisotopic (exact) mass is 204 g/mol. The molecule has 15 heavy (non-hydrogen) atoms. The van der Waals surface area contributed by atoms with E-state index < -0.39 is 0 Å². The van der Waals surface area contributed by atoms with Gasteiger partial charge in [0.05, 0.1) is 12.3 Å². The highest BCUT2D eigenvalue weighted by Gasteiger charge is 2.07. The van der Waals surface area contributed by atoms with E-state index in [1.165, 1.54) is 6.33 Å².